The molecule has 2 N–H and O–H groups in total. The third kappa shape index (κ3) is 5.24. The summed E-state index contributed by atoms with van der Waals surface area (Å²) in [4.78, 5) is 0. The van der Waals surface area contributed by atoms with Crippen molar-refractivity contribution in [1.29, 1.82) is 0 Å². The largest absolute Gasteiger partial charge is 0.490 e. The van der Waals surface area contributed by atoms with Crippen molar-refractivity contribution in [2.75, 3.05) is 6.61 Å². The van der Waals surface area contributed by atoms with Gasteiger partial charge in [-0.3, -0.25) is 0 Å². The van der Waals surface area contributed by atoms with Crippen molar-refractivity contribution in [3.05, 3.63) is 23.8 Å². The van der Waals surface area contributed by atoms with Crippen molar-refractivity contribution in [1.82, 2.24) is 0 Å². The molecular formula is C18H29NO2. The summed E-state index contributed by atoms with van der Waals surface area (Å²) in [6, 6.07) is 6.40. The molecule has 118 valence electrons. The summed E-state index contributed by atoms with van der Waals surface area (Å²) >= 11 is 0. The predicted octanol–water partition coefficient (Wildman–Crippen LogP) is 4.08. The minimum absolute atomic E-state index is 0.160. The summed E-state index contributed by atoms with van der Waals surface area (Å²) in [7, 11) is 0. The van der Waals surface area contributed by atoms with Gasteiger partial charge in [-0.2, -0.15) is 0 Å². The van der Waals surface area contributed by atoms with Crippen molar-refractivity contribution < 1.29 is 9.47 Å². The standard InChI is InChI=1S/C18H29NO2/c1-3-20-18-13-15(12-14(2)19)10-11-17(18)21-16-8-6-4-5-7-9-16/h10-11,13-14,16H,3-9,12,19H2,1-2H3. The maximum atomic E-state index is 6.22. The van der Waals surface area contributed by atoms with Crippen molar-refractivity contribution >= 4 is 0 Å². The van der Waals surface area contributed by atoms with Gasteiger partial charge in [0.15, 0.2) is 11.5 Å². The normalized spacial score (nSPS) is 18.0. The highest BCUT2D eigenvalue weighted by Gasteiger charge is 2.16. The molecule has 1 aliphatic carbocycles. The van der Waals surface area contributed by atoms with Gasteiger partial charge in [-0.1, -0.05) is 18.9 Å². The summed E-state index contributed by atoms with van der Waals surface area (Å²) < 4.78 is 12.0. The summed E-state index contributed by atoms with van der Waals surface area (Å²) in [5.74, 6) is 1.75. The number of hydrogen-bond acceptors (Lipinski definition) is 3. The van der Waals surface area contributed by atoms with Crippen LogP contribution < -0.4 is 15.2 Å². The molecule has 1 aromatic rings. The lowest BCUT2D eigenvalue weighted by Gasteiger charge is -2.20. The SMILES string of the molecule is CCOc1cc(CC(C)N)ccc1OC1CCCCCC1. The second-order valence-electron chi connectivity index (χ2n) is 6.13. The first kappa shape index (κ1) is 16.2. The van der Waals surface area contributed by atoms with Gasteiger partial charge in [0.1, 0.15) is 0 Å². The maximum absolute atomic E-state index is 6.22. The van der Waals surface area contributed by atoms with Gasteiger partial charge in [-0.25, -0.2) is 0 Å². The van der Waals surface area contributed by atoms with Crippen LogP contribution in [0.15, 0.2) is 18.2 Å². The monoisotopic (exact) mass is 291 g/mol. The highest BCUT2D eigenvalue weighted by atomic mass is 16.5. The number of rotatable bonds is 6. The van der Waals surface area contributed by atoms with Crippen LogP contribution in [0, 0.1) is 0 Å². The molecule has 0 heterocycles. The zero-order valence-electron chi connectivity index (χ0n) is 13.4. The Hall–Kier alpha value is -1.22. The first-order valence-electron chi connectivity index (χ1n) is 8.37. The van der Waals surface area contributed by atoms with E-state index >= 15 is 0 Å². The van der Waals surface area contributed by atoms with Gasteiger partial charge in [0.05, 0.1) is 12.7 Å². The topological polar surface area (TPSA) is 44.5 Å². The first-order chi connectivity index (χ1) is 10.2. The lowest BCUT2D eigenvalue weighted by atomic mass is 10.1. The maximum Gasteiger partial charge on any atom is 0.161 e. The van der Waals surface area contributed by atoms with Crippen molar-refractivity contribution in [3.63, 3.8) is 0 Å². The molecule has 1 atom stereocenters. The molecule has 1 saturated carbocycles. The zero-order chi connectivity index (χ0) is 15.1. The van der Waals surface area contributed by atoms with E-state index in [9.17, 15) is 0 Å². The Morgan fingerprint density at radius 1 is 1.14 bits per heavy atom. The lowest BCUT2D eigenvalue weighted by Crippen LogP contribution is -2.18. The smallest absolute Gasteiger partial charge is 0.161 e. The Bertz CT molecular complexity index is 423. The van der Waals surface area contributed by atoms with Gasteiger partial charge in [0, 0.05) is 6.04 Å². The molecule has 1 aliphatic rings. The minimum atomic E-state index is 0.160. The molecule has 0 aliphatic heterocycles. The van der Waals surface area contributed by atoms with Gasteiger partial charge >= 0.3 is 0 Å². The van der Waals surface area contributed by atoms with E-state index in [1.807, 2.05) is 19.9 Å². The number of hydrogen-bond donors (Lipinski definition) is 1. The zero-order valence-corrected chi connectivity index (χ0v) is 13.4. The Balaban J connectivity index is 2.09. The molecule has 0 spiro atoms. The van der Waals surface area contributed by atoms with E-state index in [2.05, 4.69) is 12.1 Å². The van der Waals surface area contributed by atoms with Crippen molar-refractivity contribution in [2.45, 2.75) is 70.9 Å². The predicted molar refractivity (Wildman–Crippen MR) is 87.1 cm³/mol. The van der Waals surface area contributed by atoms with Gasteiger partial charge in [0.25, 0.3) is 0 Å². The van der Waals surface area contributed by atoms with Crippen LogP contribution in [0.5, 0.6) is 11.5 Å². The molecular weight excluding hydrogens is 262 g/mol. The van der Waals surface area contributed by atoms with E-state index in [1.165, 1.54) is 31.2 Å². The number of ether oxygens (including phenoxy) is 2. The van der Waals surface area contributed by atoms with Crippen LogP contribution in [0.25, 0.3) is 0 Å². The summed E-state index contributed by atoms with van der Waals surface area (Å²) in [6.07, 6.45) is 8.75. The molecule has 2 rings (SSSR count). The fourth-order valence-corrected chi connectivity index (χ4v) is 2.96. The first-order valence-corrected chi connectivity index (χ1v) is 8.37. The molecule has 0 amide bonds. The fourth-order valence-electron chi connectivity index (χ4n) is 2.96. The Labute approximate surface area is 128 Å². The summed E-state index contributed by atoms with van der Waals surface area (Å²) in [5, 5.41) is 0. The molecule has 0 bridgehead atoms. The van der Waals surface area contributed by atoms with Gasteiger partial charge < -0.3 is 15.2 Å². The summed E-state index contributed by atoms with van der Waals surface area (Å²) in [6.45, 7) is 4.69. The molecule has 0 saturated heterocycles. The van der Waals surface area contributed by atoms with Gasteiger partial charge in [0.2, 0.25) is 0 Å². The Kier molecular flexibility index (Phi) is 6.37. The molecule has 3 heteroatoms. The molecule has 3 nitrogen and oxygen atoms in total. The fraction of sp³-hybridized carbons (Fsp3) is 0.667. The van der Waals surface area contributed by atoms with Crippen LogP contribution >= 0.6 is 0 Å². The van der Waals surface area contributed by atoms with Crippen molar-refractivity contribution in [3.8, 4) is 11.5 Å². The Morgan fingerprint density at radius 3 is 2.48 bits per heavy atom. The van der Waals surface area contributed by atoms with Crippen LogP contribution in [0.2, 0.25) is 0 Å². The quantitative estimate of drug-likeness (QED) is 0.803. The molecule has 1 unspecified atom stereocenters. The molecule has 21 heavy (non-hydrogen) atoms. The Morgan fingerprint density at radius 2 is 1.86 bits per heavy atom. The average molecular weight is 291 g/mol. The second kappa shape index (κ2) is 8.28. The second-order valence-corrected chi connectivity index (χ2v) is 6.13. The average Bonchev–Trinajstić information content (AvgIpc) is 2.70. The molecule has 0 radical (unpaired) electrons. The third-order valence-corrected chi connectivity index (χ3v) is 3.96. The van der Waals surface area contributed by atoms with E-state index in [0.29, 0.717) is 12.7 Å². The van der Waals surface area contributed by atoms with Crippen LogP contribution in [0.3, 0.4) is 0 Å². The van der Waals surface area contributed by atoms with E-state index in [1.54, 1.807) is 0 Å². The highest BCUT2D eigenvalue weighted by molar-refractivity contribution is 5.43. The summed E-state index contributed by atoms with van der Waals surface area (Å²) in [5.41, 5.74) is 7.09. The lowest BCUT2D eigenvalue weighted by molar-refractivity contribution is 0.173. The molecule has 0 aromatic heterocycles. The van der Waals surface area contributed by atoms with Crippen LogP contribution in [0.1, 0.15) is 57.9 Å². The number of benzene rings is 1. The van der Waals surface area contributed by atoms with Gasteiger partial charge in [-0.15, -0.1) is 0 Å². The van der Waals surface area contributed by atoms with Crippen molar-refractivity contribution in [2.24, 2.45) is 5.73 Å². The van der Waals surface area contributed by atoms with Gasteiger partial charge in [-0.05, 0) is 63.6 Å². The van der Waals surface area contributed by atoms with Crippen LogP contribution in [-0.2, 0) is 6.42 Å². The van der Waals surface area contributed by atoms with E-state index in [-0.39, 0.29) is 6.04 Å². The number of nitrogens with two attached hydrogens (primary N) is 1. The van der Waals surface area contributed by atoms with Crippen LogP contribution in [0.4, 0.5) is 0 Å². The van der Waals surface area contributed by atoms with Crippen LogP contribution in [-0.4, -0.2) is 18.8 Å². The molecule has 1 fully saturated rings. The third-order valence-electron chi connectivity index (χ3n) is 3.96. The van der Waals surface area contributed by atoms with E-state index in [0.717, 1.165) is 30.8 Å². The highest BCUT2D eigenvalue weighted by Crippen LogP contribution is 2.32. The van der Waals surface area contributed by atoms with E-state index < -0.39 is 0 Å². The molecule has 1 aromatic carbocycles. The minimum Gasteiger partial charge on any atom is -0.490 e. The van der Waals surface area contributed by atoms with E-state index in [4.69, 9.17) is 15.2 Å².